The summed E-state index contributed by atoms with van der Waals surface area (Å²) in [4.78, 5) is 0. The van der Waals surface area contributed by atoms with Gasteiger partial charge in [0.15, 0.2) is 0 Å². The van der Waals surface area contributed by atoms with Crippen molar-refractivity contribution in [1.29, 1.82) is 0 Å². The van der Waals surface area contributed by atoms with Crippen LogP contribution in [0.1, 0.15) is 0 Å². The van der Waals surface area contributed by atoms with Gasteiger partial charge in [0, 0.05) is 5.69 Å². The molecule has 14 heavy (non-hydrogen) atoms. The van der Waals surface area contributed by atoms with Crippen molar-refractivity contribution >= 4 is 18.1 Å². The molecule has 1 aromatic carbocycles. The number of hydrogen-bond donors (Lipinski definition) is 5. The monoisotopic (exact) mass is 220 g/mol. The van der Waals surface area contributed by atoms with E-state index in [1.165, 1.54) is 0 Å². The first kappa shape index (κ1) is 13.2. The molecule has 0 fully saturated rings. The van der Waals surface area contributed by atoms with Gasteiger partial charge in [-0.1, -0.05) is 18.2 Å². The van der Waals surface area contributed by atoms with Gasteiger partial charge in [-0.25, -0.2) is 5.32 Å². The standard InChI is InChI=1S/C8H12N2O3.ClH/c11-8(12,13)10-6-9-7-4-2-1-3-5-7;/h1-5,9-13H,6H2;1H. The molecule has 6 heteroatoms. The first-order valence-electron chi connectivity index (χ1n) is 3.79. The van der Waals surface area contributed by atoms with E-state index in [-0.39, 0.29) is 19.1 Å². The van der Waals surface area contributed by atoms with E-state index in [0.717, 1.165) is 5.69 Å². The minimum Gasteiger partial charge on any atom is -0.372 e. The number of para-hydroxylation sites is 1. The molecular weight excluding hydrogens is 208 g/mol. The van der Waals surface area contributed by atoms with Crippen molar-refractivity contribution < 1.29 is 15.3 Å². The van der Waals surface area contributed by atoms with E-state index >= 15 is 0 Å². The van der Waals surface area contributed by atoms with Crippen molar-refractivity contribution in [3.8, 4) is 0 Å². The molecule has 0 saturated heterocycles. The van der Waals surface area contributed by atoms with Crippen molar-refractivity contribution in [2.45, 2.75) is 6.10 Å². The van der Waals surface area contributed by atoms with Gasteiger partial charge >= 0.3 is 6.10 Å². The van der Waals surface area contributed by atoms with Crippen LogP contribution in [0.4, 0.5) is 5.69 Å². The zero-order valence-corrected chi connectivity index (χ0v) is 8.16. The molecule has 1 rings (SSSR count). The quantitative estimate of drug-likeness (QED) is 0.448. The fourth-order valence-electron chi connectivity index (χ4n) is 0.821. The Hall–Kier alpha value is -0.850. The molecule has 0 aromatic heterocycles. The van der Waals surface area contributed by atoms with Crippen molar-refractivity contribution in [2.24, 2.45) is 0 Å². The summed E-state index contributed by atoms with van der Waals surface area (Å²) >= 11 is 0. The summed E-state index contributed by atoms with van der Waals surface area (Å²) in [6.07, 6.45) is -2.83. The van der Waals surface area contributed by atoms with E-state index < -0.39 is 6.10 Å². The lowest BCUT2D eigenvalue weighted by Gasteiger charge is -2.16. The van der Waals surface area contributed by atoms with Crippen molar-refractivity contribution in [3.63, 3.8) is 0 Å². The number of hydrogen-bond acceptors (Lipinski definition) is 5. The summed E-state index contributed by atoms with van der Waals surface area (Å²) in [6.45, 7) is 0.0491. The molecule has 0 radical (unpaired) electrons. The predicted molar refractivity (Wildman–Crippen MR) is 54.7 cm³/mol. The molecule has 0 unspecified atom stereocenters. The molecule has 5 N–H and O–H groups in total. The van der Waals surface area contributed by atoms with Gasteiger partial charge in [-0.3, -0.25) is 0 Å². The van der Waals surface area contributed by atoms with Crippen LogP contribution in [0.25, 0.3) is 0 Å². The minimum absolute atomic E-state index is 0. The third kappa shape index (κ3) is 5.74. The van der Waals surface area contributed by atoms with E-state index in [2.05, 4.69) is 5.32 Å². The van der Waals surface area contributed by atoms with Gasteiger partial charge in [0.2, 0.25) is 0 Å². The van der Waals surface area contributed by atoms with Crippen LogP contribution in [0.5, 0.6) is 0 Å². The Morgan fingerprint density at radius 1 is 1.07 bits per heavy atom. The summed E-state index contributed by atoms with van der Waals surface area (Å²) in [6, 6.07) is 9.18. The summed E-state index contributed by atoms with van der Waals surface area (Å²) in [5, 5.41) is 30.2. The van der Waals surface area contributed by atoms with Gasteiger partial charge in [-0.2, -0.15) is 0 Å². The van der Waals surface area contributed by atoms with Crippen molar-refractivity contribution in [2.75, 3.05) is 12.0 Å². The summed E-state index contributed by atoms with van der Waals surface area (Å²) in [5.41, 5.74) is 0.819. The Bertz CT molecular complexity index is 251. The molecule has 0 saturated carbocycles. The highest BCUT2D eigenvalue weighted by molar-refractivity contribution is 5.85. The molecule has 80 valence electrons. The highest BCUT2D eigenvalue weighted by Gasteiger charge is 2.15. The Morgan fingerprint density at radius 2 is 1.64 bits per heavy atom. The smallest absolute Gasteiger partial charge is 0.344 e. The molecule has 0 aliphatic heterocycles. The van der Waals surface area contributed by atoms with Crippen LogP contribution in [-0.4, -0.2) is 28.1 Å². The van der Waals surface area contributed by atoms with Crippen molar-refractivity contribution in [1.82, 2.24) is 5.32 Å². The Balaban J connectivity index is 0.00000169. The second kappa shape index (κ2) is 5.79. The van der Waals surface area contributed by atoms with E-state index in [0.29, 0.717) is 0 Å². The number of nitrogens with one attached hydrogen (secondary N) is 2. The predicted octanol–water partition coefficient (Wildman–Crippen LogP) is -0.344. The molecule has 0 atom stereocenters. The molecule has 1 aromatic rings. The highest BCUT2D eigenvalue weighted by atomic mass is 35.5. The zero-order chi connectivity index (χ0) is 9.73. The lowest BCUT2D eigenvalue weighted by Crippen LogP contribution is -2.46. The van der Waals surface area contributed by atoms with Gasteiger partial charge in [0.25, 0.3) is 0 Å². The molecule has 0 heterocycles. The second-order valence-corrected chi connectivity index (χ2v) is 2.53. The number of halogens is 1. The van der Waals surface area contributed by atoms with Crippen molar-refractivity contribution in [3.05, 3.63) is 30.3 Å². The average Bonchev–Trinajstić information content (AvgIpc) is 2.04. The maximum Gasteiger partial charge on any atom is 0.344 e. The van der Waals surface area contributed by atoms with Crippen LogP contribution in [0.2, 0.25) is 0 Å². The topological polar surface area (TPSA) is 84.8 Å². The molecule has 0 amide bonds. The van der Waals surface area contributed by atoms with Gasteiger partial charge in [0.1, 0.15) is 0 Å². The summed E-state index contributed by atoms with van der Waals surface area (Å²) < 4.78 is 0. The number of anilines is 1. The zero-order valence-electron chi connectivity index (χ0n) is 7.34. The van der Waals surface area contributed by atoms with Gasteiger partial charge in [0.05, 0.1) is 6.67 Å². The Labute approximate surface area is 87.8 Å². The first-order valence-corrected chi connectivity index (χ1v) is 3.79. The molecule has 5 nitrogen and oxygen atoms in total. The number of benzene rings is 1. The molecular formula is C8H13ClN2O3. The van der Waals surface area contributed by atoms with Crippen LogP contribution in [0.3, 0.4) is 0 Å². The van der Waals surface area contributed by atoms with E-state index in [4.69, 9.17) is 15.3 Å². The van der Waals surface area contributed by atoms with Crippen LogP contribution in [-0.2, 0) is 0 Å². The highest BCUT2D eigenvalue weighted by Crippen LogP contribution is 2.03. The number of aliphatic hydroxyl groups is 3. The molecule has 0 aliphatic carbocycles. The SMILES string of the molecule is Cl.OC(O)(O)NCNc1ccccc1. The third-order valence-electron chi connectivity index (χ3n) is 1.39. The third-order valence-corrected chi connectivity index (χ3v) is 1.39. The van der Waals surface area contributed by atoms with Crippen LogP contribution in [0, 0.1) is 0 Å². The fraction of sp³-hybridized carbons (Fsp3) is 0.250. The van der Waals surface area contributed by atoms with Gasteiger partial charge in [-0.15, -0.1) is 12.4 Å². The van der Waals surface area contributed by atoms with Gasteiger partial charge in [-0.05, 0) is 12.1 Å². The molecule has 0 bridgehead atoms. The minimum atomic E-state index is -2.83. The van der Waals surface area contributed by atoms with E-state index in [1.54, 1.807) is 0 Å². The fourth-order valence-corrected chi connectivity index (χ4v) is 0.821. The lowest BCUT2D eigenvalue weighted by molar-refractivity contribution is -0.330. The lowest BCUT2D eigenvalue weighted by atomic mass is 10.3. The number of rotatable bonds is 4. The largest absolute Gasteiger partial charge is 0.372 e. The molecule has 0 spiro atoms. The van der Waals surface area contributed by atoms with E-state index in [9.17, 15) is 0 Å². The van der Waals surface area contributed by atoms with E-state index in [1.807, 2.05) is 35.6 Å². The van der Waals surface area contributed by atoms with Crippen LogP contribution >= 0.6 is 12.4 Å². The van der Waals surface area contributed by atoms with Crippen LogP contribution < -0.4 is 10.6 Å². The summed E-state index contributed by atoms with van der Waals surface area (Å²) in [7, 11) is 0. The second-order valence-electron chi connectivity index (χ2n) is 2.53. The van der Waals surface area contributed by atoms with Crippen LogP contribution in [0.15, 0.2) is 30.3 Å². The van der Waals surface area contributed by atoms with Gasteiger partial charge < -0.3 is 20.6 Å². The summed E-state index contributed by atoms with van der Waals surface area (Å²) in [5.74, 6) is 0. The molecule has 0 aliphatic rings. The Morgan fingerprint density at radius 3 is 2.14 bits per heavy atom. The normalized spacial score (nSPS) is 10.5. The Kier molecular flexibility index (Phi) is 5.44. The average molecular weight is 221 g/mol. The first-order chi connectivity index (χ1) is 6.08. The maximum atomic E-state index is 8.46. The maximum absolute atomic E-state index is 8.46.